The fourth-order valence-corrected chi connectivity index (χ4v) is 2.34. The lowest BCUT2D eigenvalue weighted by atomic mass is 10.2. The first-order valence-corrected chi connectivity index (χ1v) is 7.89. The predicted octanol–water partition coefficient (Wildman–Crippen LogP) is 3.06. The van der Waals surface area contributed by atoms with Gasteiger partial charge >= 0.3 is 5.97 Å². The van der Waals surface area contributed by atoms with Crippen molar-refractivity contribution in [2.24, 2.45) is 0 Å². The van der Waals surface area contributed by atoms with Gasteiger partial charge in [-0.3, -0.25) is 0 Å². The minimum Gasteiger partial charge on any atom is -0.481 e. The summed E-state index contributed by atoms with van der Waals surface area (Å²) in [6.45, 7) is 0.205. The third-order valence-corrected chi connectivity index (χ3v) is 3.55. The molecule has 1 aliphatic heterocycles. The Morgan fingerprint density at radius 2 is 1.36 bits per heavy atom. The molecule has 2 aromatic rings. The van der Waals surface area contributed by atoms with E-state index in [4.69, 9.17) is 19.3 Å². The Morgan fingerprint density at radius 3 is 1.88 bits per heavy atom. The molecule has 0 aromatic heterocycles. The van der Waals surface area contributed by atoms with Crippen molar-refractivity contribution in [1.82, 2.24) is 0 Å². The maximum atomic E-state index is 12.1. The fourth-order valence-electron chi connectivity index (χ4n) is 2.34. The number of aliphatic hydroxyl groups excluding tert-OH is 1. The van der Waals surface area contributed by atoms with E-state index in [1.54, 1.807) is 0 Å². The van der Waals surface area contributed by atoms with E-state index >= 15 is 0 Å². The minimum absolute atomic E-state index is 0.0134. The van der Waals surface area contributed by atoms with Gasteiger partial charge in [0.15, 0.2) is 5.76 Å². The van der Waals surface area contributed by atoms with Crippen LogP contribution in [-0.2, 0) is 32.2 Å². The van der Waals surface area contributed by atoms with Crippen LogP contribution in [0.2, 0.25) is 0 Å². The molecule has 1 N–H and O–H groups in total. The number of carbonyl (C=O) groups excluding carboxylic acids is 1. The maximum Gasteiger partial charge on any atom is 0.383 e. The number of benzene rings is 2. The van der Waals surface area contributed by atoms with Crippen LogP contribution in [0.25, 0.3) is 0 Å². The number of ether oxygens (including phenoxy) is 3. The van der Waals surface area contributed by atoms with Gasteiger partial charge in [0.2, 0.25) is 5.76 Å². The molecule has 1 heterocycles. The summed E-state index contributed by atoms with van der Waals surface area (Å²) in [7, 11) is 0. The lowest BCUT2D eigenvalue weighted by Crippen LogP contribution is -2.04. The minimum atomic E-state index is -0.626. The van der Waals surface area contributed by atoms with Gasteiger partial charge in [-0.05, 0) is 17.2 Å². The van der Waals surface area contributed by atoms with Gasteiger partial charge in [-0.1, -0.05) is 60.7 Å². The van der Waals surface area contributed by atoms with Crippen LogP contribution in [-0.4, -0.2) is 17.7 Å². The fraction of sp³-hybridized carbons (Fsp3) is 0.150. The number of esters is 1. The summed E-state index contributed by atoms with van der Waals surface area (Å²) in [4.78, 5) is 12.1. The molecular formula is C20H18O5. The standard InChI is InChI=1S/C20H18O5/c21-12-11-17-18(23-13-15-7-3-1-4-8-15)19(20(22)25-17)24-14-16-9-5-2-6-10-16/h1-11,21H,12-14H2. The van der Waals surface area contributed by atoms with Crippen LogP contribution in [0.1, 0.15) is 11.1 Å². The third-order valence-electron chi connectivity index (χ3n) is 3.55. The highest BCUT2D eigenvalue weighted by molar-refractivity contribution is 5.91. The molecule has 0 aliphatic carbocycles. The Balaban J connectivity index is 1.78. The second-order valence-corrected chi connectivity index (χ2v) is 5.35. The van der Waals surface area contributed by atoms with Crippen LogP contribution in [0.5, 0.6) is 0 Å². The molecule has 0 fully saturated rings. The van der Waals surface area contributed by atoms with Gasteiger partial charge < -0.3 is 19.3 Å². The molecule has 3 rings (SSSR count). The van der Waals surface area contributed by atoms with Crippen LogP contribution in [0.15, 0.2) is 84.0 Å². The van der Waals surface area contributed by atoms with Gasteiger partial charge in [0.1, 0.15) is 13.2 Å². The summed E-state index contributed by atoms with van der Waals surface area (Å²) in [5.41, 5.74) is 1.87. The Kier molecular flexibility index (Phi) is 5.49. The van der Waals surface area contributed by atoms with Gasteiger partial charge in [-0.15, -0.1) is 0 Å². The van der Waals surface area contributed by atoms with E-state index in [-0.39, 0.29) is 37.1 Å². The molecule has 0 radical (unpaired) electrons. The lowest BCUT2D eigenvalue weighted by Gasteiger charge is -2.09. The highest BCUT2D eigenvalue weighted by atomic mass is 16.6. The van der Waals surface area contributed by atoms with E-state index in [9.17, 15) is 4.79 Å². The van der Waals surface area contributed by atoms with E-state index in [0.717, 1.165) is 11.1 Å². The van der Waals surface area contributed by atoms with Crippen molar-refractivity contribution in [2.75, 3.05) is 6.61 Å². The average molecular weight is 338 g/mol. The monoisotopic (exact) mass is 338 g/mol. The second-order valence-electron chi connectivity index (χ2n) is 5.35. The summed E-state index contributed by atoms with van der Waals surface area (Å²) < 4.78 is 16.5. The summed E-state index contributed by atoms with van der Waals surface area (Å²) in [5, 5.41) is 9.12. The van der Waals surface area contributed by atoms with Crippen LogP contribution in [0.3, 0.4) is 0 Å². The third kappa shape index (κ3) is 4.28. The number of hydrogen-bond donors (Lipinski definition) is 1. The van der Waals surface area contributed by atoms with Crippen molar-refractivity contribution in [3.63, 3.8) is 0 Å². The molecule has 5 nitrogen and oxygen atoms in total. The molecule has 0 bridgehead atoms. The Hall–Kier alpha value is -3.05. The van der Waals surface area contributed by atoms with E-state index in [1.165, 1.54) is 6.08 Å². The highest BCUT2D eigenvalue weighted by Crippen LogP contribution is 2.29. The largest absolute Gasteiger partial charge is 0.481 e. The van der Waals surface area contributed by atoms with E-state index in [0.29, 0.717) is 0 Å². The quantitative estimate of drug-likeness (QED) is 0.786. The molecule has 128 valence electrons. The van der Waals surface area contributed by atoms with Gasteiger partial charge in [-0.25, -0.2) is 4.79 Å². The van der Waals surface area contributed by atoms with Crippen LogP contribution in [0.4, 0.5) is 0 Å². The molecule has 0 saturated heterocycles. The first-order valence-electron chi connectivity index (χ1n) is 7.89. The Labute approximate surface area is 145 Å². The number of aliphatic hydroxyl groups is 1. The predicted molar refractivity (Wildman–Crippen MR) is 90.7 cm³/mol. The molecule has 5 heteroatoms. The first kappa shape index (κ1) is 16.8. The zero-order valence-corrected chi connectivity index (χ0v) is 13.6. The number of carbonyl (C=O) groups is 1. The molecular weight excluding hydrogens is 320 g/mol. The SMILES string of the molecule is O=C1OC(=CCO)C(OCc2ccccc2)=C1OCc1ccccc1. The number of cyclic esters (lactones) is 1. The zero-order chi connectivity index (χ0) is 17.5. The van der Waals surface area contributed by atoms with E-state index in [2.05, 4.69) is 0 Å². The van der Waals surface area contributed by atoms with Crippen molar-refractivity contribution in [3.05, 3.63) is 95.1 Å². The maximum absolute atomic E-state index is 12.1. The Bertz CT molecular complexity index is 778. The van der Waals surface area contributed by atoms with Crippen LogP contribution >= 0.6 is 0 Å². The first-order chi connectivity index (χ1) is 12.3. The van der Waals surface area contributed by atoms with Crippen LogP contribution < -0.4 is 0 Å². The Morgan fingerprint density at radius 1 is 0.840 bits per heavy atom. The summed E-state index contributed by atoms with van der Waals surface area (Å²) >= 11 is 0. The van der Waals surface area contributed by atoms with Crippen LogP contribution in [0, 0.1) is 0 Å². The van der Waals surface area contributed by atoms with Crippen molar-refractivity contribution in [1.29, 1.82) is 0 Å². The summed E-state index contributed by atoms with van der Waals surface area (Å²) in [6.07, 6.45) is 1.37. The van der Waals surface area contributed by atoms with Gasteiger partial charge in [0.05, 0.1) is 6.61 Å². The molecule has 0 atom stereocenters. The number of rotatable bonds is 7. The molecule has 0 spiro atoms. The molecule has 0 amide bonds. The topological polar surface area (TPSA) is 65.0 Å². The smallest absolute Gasteiger partial charge is 0.383 e. The van der Waals surface area contributed by atoms with Crippen molar-refractivity contribution in [3.8, 4) is 0 Å². The van der Waals surface area contributed by atoms with E-state index in [1.807, 2.05) is 60.7 Å². The number of hydrogen-bond acceptors (Lipinski definition) is 5. The average Bonchev–Trinajstić information content (AvgIpc) is 2.95. The zero-order valence-electron chi connectivity index (χ0n) is 13.6. The second kappa shape index (κ2) is 8.17. The molecule has 0 saturated carbocycles. The molecule has 2 aromatic carbocycles. The van der Waals surface area contributed by atoms with Crippen molar-refractivity contribution < 1.29 is 24.1 Å². The molecule has 1 aliphatic rings. The molecule has 0 unspecified atom stereocenters. The van der Waals surface area contributed by atoms with Gasteiger partial charge in [0.25, 0.3) is 5.76 Å². The van der Waals surface area contributed by atoms with Crippen molar-refractivity contribution in [2.45, 2.75) is 13.2 Å². The summed E-state index contributed by atoms with van der Waals surface area (Å²) in [5.74, 6) is -0.233. The van der Waals surface area contributed by atoms with Gasteiger partial charge in [-0.2, -0.15) is 0 Å². The van der Waals surface area contributed by atoms with Crippen molar-refractivity contribution >= 4 is 5.97 Å². The van der Waals surface area contributed by atoms with E-state index < -0.39 is 5.97 Å². The molecule has 25 heavy (non-hydrogen) atoms. The lowest BCUT2D eigenvalue weighted by molar-refractivity contribution is -0.136. The van der Waals surface area contributed by atoms with Gasteiger partial charge in [0, 0.05) is 0 Å². The summed E-state index contributed by atoms with van der Waals surface area (Å²) in [6, 6.07) is 19.0. The highest BCUT2D eigenvalue weighted by Gasteiger charge is 2.33. The normalized spacial score (nSPS) is 15.4.